The Kier molecular flexibility index (Phi) is 3.26. The van der Waals surface area contributed by atoms with Crippen LogP contribution in [-0.2, 0) is 0 Å². The van der Waals surface area contributed by atoms with E-state index in [1.807, 2.05) is 0 Å². The molecule has 3 rings (SSSR count). The fraction of sp³-hybridized carbons (Fsp3) is 0.562. The van der Waals surface area contributed by atoms with Gasteiger partial charge in [0.25, 0.3) is 0 Å². The van der Waals surface area contributed by atoms with Crippen LogP contribution in [0.5, 0.6) is 0 Å². The molecule has 2 saturated carbocycles. The smallest absolute Gasteiger partial charge is 0.0495 e. The maximum absolute atomic E-state index is 4.80. The fourth-order valence-electron chi connectivity index (χ4n) is 2.93. The van der Waals surface area contributed by atoms with Crippen molar-refractivity contribution >= 4 is 6.21 Å². The van der Waals surface area contributed by atoms with E-state index in [0.29, 0.717) is 6.04 Å². The first kappa shape index (κ1) is 11.0. The van der Waals surface area contributed by atoms with E-state index in [1.54, 1.807) is 0 Å². The van der Waals surface area contributed by atoms with Crippen molar-refractivity contribution in [2.24, 2.45) is 10.9 Å². The summed E-state index contributed by atoms with van der Waals surface area (Å²) >= 11 is 0. The number of benzene rings is 1. The zero-order valence-electron chi connectivity index (χ0n) is 10.4. The van der Waals surface area contributed by atoms with Crippen LogP contribution in [0.2, 0.25) is 0 Å². The largest absolute Gasteiger partial charge is 0.294 e. The minimum absolute atomic E-state index is 0.640. The topological polar surface area (TPSA) is 12.4 Å². The van der Waals surface area contributed by atoms with Crippen LogP contribution < -0.4 is 0 Å². The number of hydrogen-bond acceptors (Lipinski definition) is 1. The van der Waals surface area contributed by atoms with Gasteiger partial charge in [0.1, 0.15) is 0 Å². The monoisotopic (exact) mass is 227 g/mol. The summed E-state index contributed by atoms with van der Waals surface area (Å²) in [5.74, 6) is 1.47. The Balaban J connectivity index is 1.53. The van der Waals surface area contributed by atoms with Crippen molar-refractivity contribution in [3.05, 3.63) is 35.9 Å². The van der Waals surface area contributed by atoms with E-state index in [4.69, 9.17) is 4.99 Å². The van der Waals surface area contributed by atoms with Gasteiger partial charge in [-0.1, -0.05) is 49.6 Å². The molecule has 0 radical (unpaired) electrons. The van der Waals surface area contributed by atoms with Crippen molar-refractivity contribution in [3.63, 3.8) is 0 Å². The Morgan fingerprint density at radius 1 is 1.00 bits per heavy atom. The number of rotatable bonds is 3. The lowest BCUT2D eigenvalue weighted by molar-refractivity contribution is 0.443. The molecule has 0 heterocycles. The first-order valence-electron chi connectivity index (χ1n) is 7.02. The molecule has 1 aromatic carbocycles. The summed E-state index contributed by atoms with van der Waals surface area (Å²) in [6.45, 7) is 0. The van der Waals surface area contributed by atoms with Gasteiger partial charge in [0.2, 0.25) is 0 Å². The van der Waals surface area contributed by atoms with Crippen LogP contribution in [0.1, 0.15) is 50.0 Å². The molecule has 0 saturated heterocycles. The van der Waals surface area contributed by atoms with Crippen LogP contribution in [0, 0.1) is 5.92 Å². The average Bonchev–Trinajstić information content (AvgIpc) is 3.18. The van der Waals surface area contributed by atoms with Gasteiger partial charge >= 0.3 is 0 Å². The standard InChI is InChI=1S/C16H21N/c1-3-7-13(8-4-1)16-11-14(16)12-17-15-9-5-2-6-10-15/h1,3-4,7-8,12,14-16H,2,5-6,9-11H2/t14-,16-/m1/s1. The van der Waals surface area contributed by atoms with E-state index in [0.717, 1.165) is 11.8 Å². The highest BCUT2D eigenvalue weighted by Gasteiger charge is 2.36. The highest BCUT2D eigenvalue weighted by molar-refractivity contribution is 5.67. The summed E-state index contributed by atoms with van der Waals surface area (Å²) in [6.07, 6.45) is 10.4. The van der Waals surface area contributed by atoms with Crippen molar-refractivity contribution in [2.75, 3.05) is 0 Å². The molecular formula is C16H21N. The molecule has 0 N–H and O–H groups in total. The third kappa shape index (κ3) is 2.77. The molecule has 2 aliphatic carbocycles. The maximum Gasteiger partial charge on any atom is 0.0495 e. The summed E-state index contributed by atoms with van der Waals surface area (Å²) in [5.41, 5.74) is 1.49. The molecule has 0 unspecified atom stereocenters. The van der Waals surface area contributed by atoms with Gasteiger partial charge in [-0.2, -0.15) is 0 Å². The van der Waals surface area contributed by atoms with Gasteiger partial charge in [-0.25, -0.2) is 0 Å². The molecule has 17 heavy (non-hydrogen) atoms. The third-order valence-electron chi connectivity index (χ3n) is 4.13. The highest BCUT2D eigenvalue weighted by atomic mass is 14.8. The molecule has 1 nitrogen and oxygen atoms in total. The number of aliphatic imine (C=N–C) groups is 1. The molecule has 2 atom stereocenters. The molecular weight excluding hydrogens is 206 g/mol. The first-order chi connectivity index (χ1) is 8.43. The molecule has 1 heteroatoms. The Morgan fingerprint density at radius 3 is 2.53 bits per heavy atom. The molecule has 2 fully saturated rings. The van der Waals surface area contributed by atoms with Gasteiger partial charge in [-0.05, 0) is 30.7 Å². The molecule has 0 amide bonds. The molecule has 0 aromatic heterocycles. The maximum atomic E-state index is 4.80. The minimum Gasteiger partial charge on any atom is -0.294 e. The van der Waals surface area contributed by atoms with Gasteiger partial charge in [-0.3, -0.25) is 4.99 Å². The lowest BCUT2D eigenvalue weighted by Crippen LogP contribution is -2.09. The van der Waals surface area contributed by atoms with E-state index < -0.39 is 0 Å². The predicted octanol–water partition coefficient (Wildman–Crippen LogP) is 4.19. The average molecular weight is 227 g/mol. The lowest BCUT2D eigenvalue weighted by atomic mass is 9.96. The molecule has 1 aromatic rings. The highest BCUT2D eigenvalue weighted by Crippen LogP contribution is 2.46. The predicted molar refractivity (Wildman–Crippen MR) is 72.7 cm³/mol. The zero-order valence-corrected chi connectivity index (χ0v) is 10.4. The molecule has 2 aliphatic rings. The molecule has 90 valence electrons. The van der Waals surface area contributed by atoms with Gasteiger partial charge in [-0.15, -0.1) is 0 Å². The minimum atomic E-state index is 0.640. The van der Waals surface area contributed by atoms with Crippen molar-refractivity contribution in [1.82, 2.24) is 0 Å². The SMILES string of the molecule is C(=NC1CCCCC1)[C@H]1C[C@@H]1c1ccccc1. The van der Waals surface area contributed by atoms with Crippen molar-refractivity contribution < 1.29 is 0 Å². The number of nitrogens with zero attached hydrogens (tertiary/aromatic N) is 1. The Labute approximate surface area is 104 Å². The van der Waals surface area contributed by atoms with Crippen LogP contribution in [0.15, 0.2) is 35.3 Å². The van der Waals surface area contributed by atoms with Gasteiger partial charge in [0, 0.05) is 18.2 Å². The Bertz CT molecular complexity index is 376. The van der Waals surface area contributed by atoms with Crippen molar-refractivity contribution in [2.45, 2.75) is 50.5 Å². The second kappa shape index (κ2) is 5.03. The van der Waals surface area contributed by atoms with E-state index in [9.17, 15) is 0 Å². The molecule has 0 spiro atoms. The van der Waals surface area contributed by atoms with Crippen LogP contribution in [-0.4, -0.2) is 12.3 Å². The van der Waals surface area contributed by atoms with Crippen LogP contribution in [0.3, 0.4) is 0 Å². The third-order valence-corrected chi connectivity index (χ3v) is 4.13. The molecule has 0 aliphatic heterocycles. The number of hydrogen-bond donors (Lipinski definition) is 0. The first-order valence-corrected chi connectivity index (χ1v) is 7.02. The van der Waals surface area contributed by atoms with Gasteiger partial charge in [0.15, 0.2) is 0 Å². The van der Waals surface area contributed by atoms with E-state index in [2.05, 4.69) is 36.5 Å². The second-order valence-corrected chi connectivity index (χ2v) is 5.51. The summed E-state index contributed by atoms with van der Waals surface area (Å²) in [6, 6.07) is 11.5. The zero-order chi connectivity index (χ0) is 11.5. The van der Waals surface area contributed by atoms with Crippen LogP contribution in [0.25, 0.3) is 0 Å². The van der Waals surface area contributed by atoms with Crippen LogP contribution in [0.4, 0.5) is 0 Å². The second-order valence-electron chi connectivity index (χ2n) is 5.51. The summed E-state index contributed by atoms with van der Waals surface area (Å²) in [5, 5.41) is 0. The summed E-state index contributed by atoms with van der Waals surface area (Å²) in [4.78, 5) is 4.80. The van der Waals surface area contributed by atoms with E-state index in [1.165, 1.54) is 44.1 Å². The van der Waals surface area contributed by atoms with Crippen molar-refractivity contribution in [1.29, 1.82) is 0 Å². The normalized spacial score (nSPS) is 29.6. The fourth-order valence-corrected chi connectivity index (χ4v) is 2.93. The van der Waals surface area contributed by atoms with E-state index >= 15 is 0 Å². The van der Waals surface area contributed by atoms with Gasteiger partial charge in [0.05, 0.1) is 0 Å². The lowest BCUT2D eigenvalue weighted by Gasteiger charge is -2.17. The Morgan fingerprint density at radius 2 is 1.76 bits per heavy atom. The van der Waals surface area contributed by atoms with Gasteiger partial charge < -0.3 is 0 Å². The van der Waals surface area contributed by atoms with Crippen LogP contribution >= 0.6 is 0 Å². The summed E-state index contributed by atoms with van der Waals surface area (Å²) in [7, 11) is 0. The van der Waals surface area contributed by atoms with E-state index in [-0.39, 0.29) is 0 Å². The van der Waals surface area contributed by atoms with Crippen molar-refractivity contribution in [3.8, 4) is 0 Å². The molecule has 0 bridgehead atoms. The summed E-state index contributed by atoms with van der Waals surface area (Å²) < 4.78 is 0. The Hall–Kier alpha value is -1.11. The quantitative estimate of drug-likeness (QED) is 0.686.